The minimum Gasteiger partial charge on any atom is -0.298 e. The van der Waals surface area contributed by atoms with Crippen LogP contribution >= 0.6 is 73.9 Å². The van der Waals surface area contributed by atoms with Crippen LogP contribution in [0.25, 0.3) is 0 Å². The largest absolute Gasteiger partial charge is 0.339 e. The summed E-state index contributed by atoms with van der Waals surface area (Å²) in [5.74, 6) is 0. The quantitative estimate of drug-likeness (QED) is 0.235. The monoisotopic (exact) mass is 374 g/mol. The lowest BCUT2D eigenvalue weighted by molar-refractivity contribution is 0.112. The highest BCUT2D eigenvalue weighted by Gasteiger charge is 2.09. The summed E-state index contributed by atoms with van der Waals surface area (Å²) in [6.07, 6.45) is 2.33. The predicted molar refractivity (Wildman–Crippen MR) is 74.4 cm³/mol. The van der Waals surface area contributed by atoms with E-state index in [9.17, 15) is 9.36 Å². The highest BCUT2D eigenvalue weighted by Crippen LogP contribution is 2.61. The third kappa shape index (κ3) is 8.49. The maximum atomic E-state index is 10.4. The van der Waals surface area contributed by atoms with Crippen molar-refractivity contribution in [3.8, 4) is 0 Å². The Hall–Kier alpha value is 0.780. The summed E-state index contributed by atoms with van der Waals surface area (Å²) in [7, 11) is 0. The molecule has 1 aromatic rings. The molecule has 0 fully saturated rings. The molecule has 11 heteroatoms. The Labute approximate surface area is 126 Å². The van der Waals surface area contributed by atoms with Crippen LogP contribution in [0.4, 0.5) is 0 Å². The van der Waals surface area contributed by atoms with Gasteiger partial charge in [-0.25, -0.2) is 9.97 Å². The molecule has 0 aliphatic carbocycles. The molecule has 4 nitrogen and oxygen atoms in total. The first kappa shape index (κ1) is 17.8. The van der Waals surface area contributed by atoms with Crippen LogP contribution in [0.1, 0.15) is 10.4 Å². The molecule has 1 heterocycles. The van der Waals surface area contributed by atoms with E-state index in [1.54, 1.807) is 6.26 Å². The Balaban J connectivity index is 0.000000437. The maximum Gasteiger partial charge on any atom is 0.339 e. The molecule has 0 bridgehead atoms. The molecule has 0 N–H and O–H groups in total. The normalized spacial score (nSPS) is 10.5. The van der Waals surface area contributed by atoms with E-state index in [2.05, 4.69) is 43.7 Å². The van der Waals surface area contributed by atoms with Gasteiger partial charge in [-0.1, -0.05) is 35.0 Å². The Morgan fingerprint density at radius 1 is 1.18 bits per heavy atom. The highest BCUT2D eigenvalue weighted by molar-refractivity contribution is 8.24. The number of aldehydes is 1. The number of thioether (sulfide) groups is 1. The Bertz CT molecular complexity index is 423. The van der Waals surface area contributed by atoms with E-state index in [1.807, 2.05) is 0 Å². The summed E-state index contributed by atoms with van der Waals surface area (Å²) in [5, 5.41) is -2.58. The standard InChI is InChI=1S/C6H4Cl2N2OS.Cl3OP/c1-12-6-9-4(7)3(2-11)5(8)10-6;1-5(2,3)4/h2H,1H3;. The van der Waals surface area contributed by atoms with Crippen molar-refractivity contribution in [2.24, 2.45) is 0 Å². The van der Waals surface area contributed by atoms with Crippen molar-refractivity contribution in [1.82, 2.24) is 9.97 Å². The minimum absolute atomic E-state index is 0.0920. The van der Waals surface area contributed by atoms with Crippen LogP contribution in [0.5, 0.6) is 0 Å². The van der Waals surface area contributed by atoms with Gasteiger partial charge in [0.15, 0.2) is 11.4 Å². The number of aromatic nitrogens is 2. The average molecular weight is 376 g/mol. The van der Waals surface area contributed by atoms with Gasteiger partial charge in [0.25, 0.3) is 0 Å². The van der Waals surface area contributed by atoms with E-state index in [-0.39, 0.29) is 15.9 Å². The summed E-state index contributed by atoms with van der Waals surface area (Å²) >= 11 is 26.4. The molecule has 0 saturated heterocycles. The third-order valence-electron chi connectivity index (χ3n) is 1.13. The topological polar surface area (TPSA) is 59.9 Å². The van der Waals surface area contributed by atoms with Gasteiger partial charge < -0.3 is 0 Å². The number of rotatable bonds is 2. The number of nitrogens with zero attached hydrogens (tertiary/aromatic N) is 2. The summed E-state index contributed by atoms with van der Waals surface area (Å²) in [5.41, 5.74) is 0.135. The van der Waals surface area contributed by atoms with Gasteiger partial charge in [-0.2, -0.15) is 0 Å². The molecule has 0 atom stereocenters. The summed E-state index contributed by atoms with van der Waals surface area (Å²) in [4.78, 5) is 18.0. The summed E-state index contributed by atoms with van der Waals surface area (Å²) in [6.45, 7) is 0. The zero-order valence-corrected chi connectivity index (χ0v) is 13.5. The van der Waals surface area contributed by atoms with Gasteiger partial charge in [0.1, 0.15) is 10.3 Å². The molecule has 0 spiro atoms. The van der Waals surface area contributed by atoms with E-state index in [4.69, 9.17) is 23.2 Å². The molecule has 0 unspecified atom stereocenters. The maximum absolute atomic E-state index is 10.4. The predicted octanol–water partition coefficient (Wildman–Crippen LogP) is 5.13. The fraction of sp³-hybridized carbons (Fsp3) is 0.167. The van der Waals surface area contributed by atoms with E-state index < -0.39 is 5.20 Å². The van der Waals surface area contributed by atoms with Crippen molar-refractivity contribution in [1.29, 1.82) is 0 Å². The number of carbonyl (C=O) groups is 1. The Kier molecular flexibility index (Phi) is 8.42. The number of hydrogen-bond donors (Lipinski definition) is 0. The van der Waals surface area contributed by atoms with Gasteiger partial charge in [0, 0.05) is 0 Å². The zero-order valence-electron chi connectivity index (χ0n) is 8.03. The zero-order chi connectivity index (χ0) is 13.6. The first-order chi connectivity index (χ1) is 7.69. The van der Waals surface area contributed by atoms with Crippen LogP contribution in [0.3, 0.4) is 0 Å². The van der Waals surface area contributed by atoms with Crippen LogP contribution in [-0.4, -0.2) is 22.5 Å². The molecule has 1 rings (SSSR count). The lowest BCUT2D eigenvalue weighted by atomic mass is 10.4. The van der Waals surface area contributed by atoms with Crippen molar-refractivity contribution < 1.29 is 9.36 Å². The lowest BCUT2D eigenvalue weighted by Crippen LogP contribution is -1.94. The van der Waals surface area contributed by atoms with Crippen molar-refractivity contribution in [3.63, 3.8) is 0 Å². The van der Waals surface area contributed by atoms with Gasteiger partial charge in [-0.05, 0) is 40.0 Å². The minimum atomic E-state index is -3.22. The summed E-state index contributed by atoms with van der Waals surface area (Å²) in [6, 6.07) is 0. The molecular formula is C6H4Cl5N2O2PS. The van der Waals surface area contributed by atoms with Gasteiger partial charge >= 0.3 is 5.20 Å². The van der Waals surface area contributed by atoms with Gasteiger partial charge in [0.05, 0.1) is 5.56 Å². The fourth-order valence-electron chi connectivity index (χ4n) is 0.587. The Morgan fingerprint density at radius 3 is 1.76 bits per heavy atom. The van der Waals surface area contributed by atoms with Gasteiger partial charge in [0.2, 0.25) is 0 Å². The van der Waals surface area contributed by atoms with E-state index >= 15 is 0 Å². The second-order valence-corrected chi connectivity index (χ2v) is 10.4. The Morgan fingerprint density at radius 2 is 1.53 bits per heavy atom. The van der Waals surface area contributed by atoms with Crippen molar-refractivity contribution >= 4 is 80.2 Å². The van der Waals surface area contributed by atoms with Crippen LogP contribution in [-0.2, 0) is 4.57 Å². The van der Waals surface area contributed by atoms with Crippen molar-refractivity contribution in [2.75, 3.05) is 6.26 Å². The van der Waals surface area contributed by atoms with Crippen molar-refractivity contribution in [2.45, 2.75) is 5.16 Å². The highest BCUT2D eigenvalue weighted by atomic mass is 36.0. The van der Waals surface area contributed by atoms with Gasteiger partial charge in [-0.3, -0.25) is 9.36 Å². The fourth-order valence-corrected chi connectivity index (χ4v) is 1.53. The molecule has 0 aliphatic rings. The van der Waals surface area contributed by atoms with Gasteiger partial charge in [-0.15, -0.1) is 0 Å². The third-order valence-corrected chi connectivity index (χ3v) is 2.26. The number of carbonyl (C=O) groups excluding carboxylic acids is 1. The number of halogens is 5. The second-order valence-electron chi connectivity index (χ2n) is 2.22. The molecular weight excluding hydrogens is 372 g/mol. The van der Waals surface area contributed by atoms with Crippen LogP contribution in [0.2, 0.25) is 10.3 Å². The molecule has 0 amide bonds. The van der Waals surface area contributed by atoms with Crippen LogP contribution in [0, 0.1) is 0 Å². The molecule has 17 heavy (non-hydrogen) atoms. The van der Waals surface area contributed by atoms with E-state index in [0.29, 0.717) is 11.4 Å². The average Bonchev–Trinajstić information content (AvgIpc) is 2.14. The first-order valence-electron chi connectivity index (χ1n) is 3.60. The molecule has 0 aliphatic heterocycles. The summed E-state index contributed by atoms with van der Waals surface area (Å²) < 4.78 is 9.51. The second kappa shape index (κ2) is 8.05. The molecule has 1 aromatic heterocycles. The molecule has 0 saturated carbocycles. The SMILES string of the molecule is CSc1nc(Cl)c(C=O)c(Cl)n1.O=P(Cl)(Cl)Cl. The number of hydrogen-bond acceptors (Lipinski definition) is 5. The van der Waals surface area contributed by atoms with Crippen LogP contribution in [0.15, 0.2) is 5.16 Å². The van der Waals surface area contributed by atoms with E-state index in [0.717, 1.165) is 0 Å². The van der Waals surface area contributed by atoms with Crippen molar-refractivity contribution in [3.05, 3.63) is 15.9 Å². The first-order valence-corrected chi connectivity index (χ1v) is 10.0. The molecule has 96 valence electrons. The van der Waals surface area contributed by atoms with E-state index in [1.165, 1.54) is 11.8 Å². The smallest absolute Gasteiger partial charge is 0.298 e. The van der Waals surface area contributed by atoms with Crippen LogP contribution < -0.4 is 0 Å². The lowest BCUT2D eigenvalue weighted by Gasteiger charge is -1.99. The molecule has 0 aromatic carbocycles. The molecule has 0 radical (unpaired) electrons.